The van der Waals surface area contributed by atoms with Gasteiger partial charge in [0, 0.05) is 16.8 Å². The number of rotatable bonds is 3. The third-order valence-corrected chi connectivity index (χ3v) is 4.07. The van der Waals surface area contributed by atoms with Gasteiger partial charge < -0.3 is 10.1 Å². The second-order valence-electron chi connectivity index (χ2n) is 3.89. The first-order chi connectivity index (χ1) is 8.20. The maximum absolute atomic E-state index is 11.6. The number of ether oxygens (including phenoxy) is 1. The maximum Gasteiger partial charge on any atom is 0.339 e. The highest BCUT2D eigenvalue weighted by Gasteiger charge is 2.19. The monoisotopic (exact) mass is 271 g/mol. The van der Waals surface area contributed by atoms with Crippen LogP contribution in [0.25, 0.3) is 0 Å². The van der Waals surface area contributed by atoms with Crippen LogP contribution in [0.2, 0.25) is 5.02 Å². The number of nitrogens with one attached hydrogen (secondary N) is 1. The third-order valence-electron chi connectivity index (χ3n) is 2.68. The van der Waals surface area contributed by atoms with E-state index in [0.717, 1.165) is 23.6 Å². The Bertz CT molecular complexity index is 419. The van der Waals surface area contributed by atoms with Gasteiger partial charge in [-0.1, -0.05) is 11.6 Å². The summed E-state index contributed by atoms with van der Waals surface area (Å²) in [6.45, 7) is 0. The van der Waals surface area contributed by atoms with E-state index in [-0.39, 0.29) is 5.97 Å². The van der Waals surface area contributed by atoms with Crippen LogP contribution in [0.4, 0.5) is 5.69 Å². The molecule has 0 saturated carbocycles. The molecule has 0 aliphatic carbocycles. The molecule has 92 valence electrons. The largest absolute Gasteiger partial charge is 0.465 e. The predicted octanol–water partition coefficient (Wildman–Crippen LogP) is 3.04. The van der Waals surface area contributed by atoms with Crippen molar-refractivity contribution >= 4 is 35.0 Å². The molecule has 2 rings (SSSR count). The van der Waals surface area contributed by atoms with E-state index in [1.54, 1.807) is 18.2 Å². The SMILES string of the molecule is COC(=O)c1ccc(Cl)cc1NC1CCSC1. The summed E-state index contributed by atoms with van der Waals surface area (Å²) in [5.74, 6) is 1.88. The van der Waals surface area contributed by atoms with Gasteiger partial charge in [-0.25, -0.2) is 4.79 Å². The van der Waals surface area contributed by atoms with Gasteiger partial charge in [0.2, 0.25) is 0 Å². The zero-order chi connectivity index (χ0) is 12.3. The number of carbonyl (C=O) groups is 1. The van der Waals surface area contributed by atoms with Gasteiger partial charge in [0.15, 0.2) is 0 Å². The summed E-state index contributed by atoms with van der Waals surface area (Å²) in [6.07, 6.45) is 1.11. The molecule has 1 saturated heterocycles. The Balaban J connectivity index is 2.22. The minimum Gasteiger partial charge on any atom is -0.465 e. The lowest BCUT2D eigenvalue weighted by Gasteiger charge is -2.16. The molecule has 1 heterocycles. The van der Waals surface area contributed by atoms with Gasteiger partial charge in [0.05, 0.1) is 18.4 Å². The van der Waals surface area contributed by atoms with Gasteiger partial charge in [-0.15, -0.1) is 0 Å². The van der Waals surface area contributed by atoms with Gasteiger partial charge >= 0.3 is 5.97 Å². The van der Waals surface area contributed by atoms with E-state index in [4.69, 9.17) is 16.3 Å². The average Bonchev–Trinajstić information content (AvgIpc) is 2.81. The summed E-state index contributed by atoms with van der Waals surface area (Å²) < 4.78 is 4.75. The van der Waals surface area contributed by atoms with E-state index in [0.29, 0.717) is 16.6 Å². The first kappa shape index (κ1) is 12.6. The average molecular weight is 272 g/mol. The standard InChI is InChI=1S/C12H14ClNO2S/c1-16-12(15)10-3-2-8(13)6-11(10)14-9-4-5-17-7-9/h2-3,6,9,14H,4-5,7H2,1H3. The molecule has 0 radical (unpaired) electrons. The summed E-state index contributed by atoms with van der Waals surface area (Å²) in [4.78, 5) is 11.6. The highest BCUT2D eigenvalue weighted by Crippen LogP contribution is 2.26. The summed E-state index contributed by atoms with van der Waals surface area (Å²) in [5, 5.41) is 3.98. The van der Waals surface area contributed by atoms with Gasteiger partial charge in [0.1, 0.15) is 0 Å². The number of halogens is 1. The first-order valence-corrected chi connectivity index (χ1v) is 6.96. The predicted molar refractivity (Wildman–Crippen MR) is 72.1 cm³/mol. The number of esters is 1. The summed E-state index contributed by atoms with van der Waals surface area (Å²) in [6, 6.07) is 5.57. The van der Waals surface area contributed by atoms with Gasteiger partial charge in [-0.3, -0.25) is 0 Å². The van der Waals surface area contributed by atoms with Crippen molar-refractivity contribution in [3.05, 3.63) is 28.8 Å². The molecule has 1 atom stereocenters. The van der Waals surface area contributed by atoms with Crippen molar-refractivity contribution in [2.75, 3.05) is 23.9 Å². The second kappa shape index (κ2) is 5.65. The van der Waals surface area contributed by atoms with Crippen molar-refractivity contribution in [2.45, 2.75) is 12.5 Å². The van der Waals surface area contributed by atoms with Crippen LogP contribution < -0.4 is 5.32 Å². The lowest BCUT2D eigenvalue weighted by molar-refractivity contribution is 0.0602. The van der Waals surface area contributed by atoms with Crippen LogP contribution in [0.3, 0.4) is 0 Å². The number of thioether (sulfide) groups is 1. The molecule has 0 amide bonds. The van der Waals surface area contributed by atoms with Gasteiger partial charge in [-0.2, -0.15) is 11.8 Å². The fourth-order valence-electron chi connectivity index (χ4n) is 1.79. The molecule has 1 unspecified atom stereocenters. The fourth-order valence-corrected chi connectivity index (χ4v) is 3.12. The minimum atomic E-state index is -0.338. The molecular weight excluding hydrogens is 258 g/mol. The highest BCUT2D eigenvalue weighted by molar-refractivity contribution is 7.99. The van der Waals surface area contributed by atoms with Crippen molar-refractivity contribution in [1.29, 1.82) is 0 Å². The van der Waals surface area contributed by atoms with Crippen LogP contribution in [0, 0.1) is 0 Å². The molecule has 0 bridgehead atoms. The van der Waals surface area contributed by atoms with E-state index < -0.39 is 0 Å². The smallest absolute Gasteiger partial charge is 0.339 e. The molecule has 1 aliphatic heterocycles. The highest BCUT2D eigenvalue weighted by atomic mass is 35.5. The molecule has 1 fully saturated rings. The van der Waals surface area contributed by atoms with Crippen LogP contribution in [0.15, 0.2) is 18.2 Å². The van der Waals surface area contributed by atoms with E-state index in [2.05, 4.69) is 5.32 Å². The molecule has 1 N–H and O–H groups in total. The second-order valence-corrected chi connectivity index (χ2v) is 5.47. The molecule has 5 heteroatoms. The zero-order valence-corrected chi connectivity index (χ0v) is 11.1. The number of hydrogen-bond acceptors (Lipinski definition) is 4. The number of carbonyl (C=O) groups excluding carboxylic acids is 1. The van der Waals surface area contributed by atoms with Gasteiger partial charge in [0.25, 0.3) is 0 Å². The van der Waals surface area contributed by atoms with Crippen molar-refractivity contribution in [2.24, 2.45) is 0 Å². The van der Waals surface area contributed by atoms with Gasteiger partial charge in [-0.05, 0) is 30.4 Å². The lowest BCUT2D eigenvalue weighted by Crippen LogP contribution is -2.20. The van der Waals surface area contributed by atoms with Crippen molar-refractivity contribution in [3.63, 3.8) is 0 Å². The van der Waals surface area contributed by atoms with Crippen LogP contribution in [0.5, 0.6) is 0 Å². The third kappa shape index (κ3) is 3.07. The maximum atomic E-state index is 11.6. The Morgan fingerprint density at radius 3 is 3.06 bits per heavy atom. The normalized spacial score (nSPS) is 19.1. The molecule has 1 aromatic rings. The summed E-state index contributed by atoms with van der Waals surface area (Å²) in [5.41, 5.74) is 1.30. The Morgan fingerprint density at radius 1 is 1.59 bits per heavy atom. The summed E-state index contributed by atoms with van der Waals surface area (Å²) in [7, 11) is 1.38. The Hall–Kier alpha value is -0.870. The fraction of sp³-hybridized carbons (Fsp3) is 0.417. The van der Waals surface area contributed by atoms with E-state index in [1.807, 2.05) is 11.8 Å². The van der Waals surface area contributed by atoms with Crippen LogP contribution in [-0.2, 0) is 4.74 Å². The number of anilines is 1. The molecule has 0 aromatic heterocycles. The quantitative estimate of drug-likeness (QED) is 0.858. The molecular formula is C12H14ClNO2S. The van der Waals surface area contributed by atoms with E-state index >= 15 is 0 Å². The number of methoxy groups -OCH3 is 1. The Morgan fingerprint density at radius 2 is 2.41 bits per heavy atom. The number of hydrogen-bond donors (Lipinski definition) is 1. The molecule has 0 spiro atoms. The first-order valence-electron chi connectivity index (χ1n) is 5.43. The van der Waals surface area contributed by atoms with E-state index in [9.17, 15) is 4.79 Å². The Labute approximate surface area is 110 Å². The number of benzene rings is 1. The van der Waals surface area contributed by atoms with Crippen LogP contribution in [-0.4, -0.2) is 30.6 Å². The lowest BCUT2D eigenvalue weighted by atomic mass is 10.1. The zero-order valence-electron chi connectivity index (χ0n) is 9.53. The minimum absolute atomic E-state index is 0.338. The van der Waals surface area contributed by atoms with Crippen LogP contribution >= 0.6 is 23.4 Å². The molecule has 17 heavy (non-hydrogen) atoms. The topological polar surface area (TPSA) is 38.3 Å². The summed E-state index contributed by atoms with van der Waals surface area (Å²) >= 11 is 7.87. The van der Waals surface area contributed by atoms with Crippen molar-refractivity contribution in [3.8, 4) is 0 Å². The van der Waals surface area contributed by atoms with Crippen LogP contribution in [0.1, 0.15) is 16.8 Å². The Kier molecular flexibility index (Phi) is 4.18. The van der Waals surface area contributed by atoms with Crippen molar-refractivity contribution < 1.29 is 9.53 Å². The molecule has 1 aliphatic rings. The molecule has 1 aromatic carbocycles. The molecule has 3 nitrogen and oxygen atoms in total. The van der Waals surface area contributed by atoms with Crippen molar-refractivity contribution in [1.82, 2.24) is 0 Å². The van der Waals surface area contributed by atoms with E-state index in [1.165, 1.54) is 7.11 Å².